The fourth-order valence-electron chi connectivity index (χ4n) is 0. The number of nitrogens with one attached hydrogen (secondary N) is 1. The van der Waals surface area contributed by atoms with Gasteiger partial charge in [-0.3, -0.25) is 10.2 Å². The van der Waals surface area contributed by atoms with Crippen molar-refractivity contribution in [2.24, 2.45) is 0 Å². The molecule has 0 saturated carbocycles. The van der Waals surface area contributed by atoms with Gasteiger partial charge in [0.1, 0.15) is 0 Å². The average molecular weight is 106 g/mol. The van der Waals surface area contributed by atoms with Crippen molar-refractivity contribution >= 4 is 22.6 Å². The number of rotatable bonds is 1. The SMILES string of the molecule is CC(=O)C(=N)Cl. The minimum absolute atomic E-state index is 0.392. The molecular formula is C3H4ClNO. The first-order valence-electron chi connectivity index (χ1n) is 1.39. The van der Waals surface area contributed by atoms with Gasteiger partial charge in [0.2, 0.25) is 0 Å². The van der Waals surface area contributed by atoms with Crippen LogP contribution in [0.1, 0.15) is 6.92 Å². The van der Waals surface area contributed by atoms with E-state index >= 15 is 0 Å². The van der Waals surface area contributed by atoms with Crippen LogP contribution in [0.25, 0.3) is 0 Å². The van der Waals surface area contributed by atoms with Gasteiger partial charge >= 0.3 is 0 Å². The lowest BCUT2D eigenvalue weighted by molar-refractivity contribution is -0.110. The topological polar surface area (TPSA) is 40.9 Å². The Kier molecular flexibility index (Phi) is 1.81. The highest BCUT2D eigenvalue weighted by Crippen LogP contribution is 1.78. The first-order chi connectivity index (χ1) is 2.64. The van der Waals surface area contributed by atoms with E-state index in [0.717, 1.165) is 0 Å². The lowest BCUT2D eigenvalue weighted by Gasteiger charge is -1.75. The quantitative estimate of drug-likeness (QED) is 0.492. The predicted molar refractivity (Wildman–Crippen MR) is 24.3 cm³/mol. The molecule has 0 amide bonds. The first kappa shape index (κ1) is 5.63. The summed E-state index contributed by atoms with van der Waals surface area (Å²) in [6, 6.07) is 0. The molecule has 0 aliphatic rings. The third-order valence-corrected chi connectivity index (χ3v) is 0.575. The number of carbonyl (C=O) groups is 1. The summed E-state index contributed by atoms with van der Waals surface area (Å²) < 4.78 is 0. The second-order valence-corrected chi connectivity index (χ2v) is 1.25. The lowest BCUT2D eigenvalue weighted by atomic mass is 10.5. The molecule has 2 nitrogen and oxygen atoms in total. The zero-order valence-corrected chi connectivity index (χ0v) is 4.04. The fraction of sp³-hybridized carbons (Fsp3) is 0.333. The van der Waals surface area contributed by atoms with Gasteiger partial charge in [0.05, 0.1) is 0 Å². The minimum Gasteiger partial charge on any atom is -0.292 e. The molecule has 0 radical (unpaired) electrons. The van der Waals surface area contributed by atoms with Crippen LogP contribution in [0.15, 0.2) is 0 Å². The van der Waals surface area contributed by atoms with E-state index in [1.807, 2.05) is 0 Å². The third-order valence-electron chi connectivity index (χ3n) is 0.309. The van der Waals surface area contributed by atoms with Crippen molar-refractivity contribution in [1.29, 1.82) is 5.41 Å². The van der Waals surface area contributed by atoms with Gasteiger partial charge in [-0.1, -0.05) is 11.6 Å². The van der Waals surface area contributed by atoms with E-state index in [9.17, 15) is 4.79 Å². The second kappa shape index (κ2) is 1.92. The van der Waals surface area contributed by atoms with E-state index < -0.39 is 11.0 Å². The molecular weight excluding hydrogens is 101 g/mol. The molecule has 1 N–H and O–H groups in total. The van der Waals surface area contributed by atoms with Crippen molar-refractivity contribution in [1.82, 2.24) is 0 Å². The highest BCUT2D eigenvalue weighted by Gasteiger charge is 1.92. The van der Waals surface area contributed by atoms with Crippen LogP contribution in [-0.4, -0.2) is 11.0 Å². The van der Waals surface area contributed by atoms with E-state index in [0.29, 0.717) is 0 Å². The number of carbonyl (C=O) groups excluding carboxylic acids is 1. The van der Waals surface area contributed by atoms with Gasteiger partial charge in [0, 0.05) is 6.92 Å². The molecule has 0 aromatic carbocycles. The van der Waals surface area contributed by atoms with E-state index in [2.05, 4.69) is 0 Å². The van der Waals surface area contributed by atoms with Crippen LogP contribution < -0.4 is 0 Å². The molecule has 6 heavy (non-hydrogen) atoms. The van der Waals surface area contributed by atoms with Crippen molar-refractivity contribution in [3.8, 4) is 0 Å². The number of hydrogen-bond donors (Lipinski definition) is 1. The fourth-order valence-corrected chi connectivity index (χ4v) is 0. The maximum absolute atomic E-state index is 9.79. The lowest BCUT2D eigenvalue weighted by Crippen LogP contribution is -1.96. The molecule has 0 bridgehead atoms. The zero-order chi connectivity index (χ0) is 5.15. The number of hydrogen-bond acceptors (Lipinski definition) is 2. The summed E-state index contributed by atoms with van der Waals surface area (Å²) in [6.07, 6.45) is 0. The molecule has 0 rings (SSSR count). The maximum atomic E-state index is 9.79. The van der Waals surface area contributed by atoms with Gasteiger partial charge < -0.3 is 0 Å². The Morgan fingerprint density at radius 3 is 2.00 bits per heavy atom. The molecule has 0 aliphatic carbocycles. The molecule has 0 aromatic rings. The molecule has 3 heteroatoms. The number of halogens is 1. The van der Waals surface area contributed by atoms with Crippen molar-refractivity contribution in [3.05, 3.63) is 0 Å². The van der Waals surface area contributed by atoms with Gasteiger partial charge in [-0.25, -0.2) is 0 Å². The Morgan fingerprint density at radius 1 is 1.83 bits per heavy atom. The van der Waals surface area contributed by atoms with Crippen LogP contribution in [0.3, 0.4) is 0 Å². The van der Waals surface area contributed by atoms with Crippen molar-refractivity contribution in [2.75, 3.05) is 0 Å². The molecule has 0 unspecified atom stereocenters. The van der Waals surface area contributed by atoms with Gasteiger partial charge in [0.25, 0.3) is 0 Å². The van der Waals surface area contributed by atoms with Gasteiger partial charge in [-0.15, -0.1) is 0 Å². The Hall–Kier alpha value is -0.370. The monoisotopic (exact) mass is 105 g/mol. The second-order valence-electron chi connectivity index (χ2n) is 0.870. The van der Waals surface area contributed by atoms with E-state index in [1.165, 1.54) is 6.92 Å². The molecule has 0 aromatic heterocycles. The maximum Gasteiger partial charge on any atom is 0.189 e. The summed E-state index contributed by atoms with van der Waals surface area (Å²) in [4.78, 5) is 9.79. The normalized spacial score (nSPS) is 7.67. The highest BCUT2D eigenvalue weighted by atomic mass is 35.5. The Bertz CT molecular complexity index is 76.8. The number of Topliss-reactive ketones (excluding diaryl/α,β-unsaturated/α-hetero) is 1. The summed E-state index contributed by atoms with van der Waals surface area (Å²) in [5.74, 6) is -0.392. The summed E-state index contributed by atoms with van der Waals surface area (Å²) in [5.41, 5.74) is 0. The Labute approximate surface area is 40.6 Å². The predicted octanol–water partition coefficient (Wildman–Crippen LogP) is 0.791. The molecule has 0 aliphatic heterocycles. The van der Waals surface area contributed by atoms with Crippen LogP contribution in [0.2, 0.25) is 0 Å². The van der Waals surface area contributed by atoms with Crippen LogP contribution in [0.5, 0.6) is 0 Å². The largest absolute Gasteiger partial charge is 0.292 e. The zero-order valence-electron chi connectivity index (χ0n) is 3.29. The van der Waals surface area contributed by atoms with E-state index in [4.69, 9.17) is 17.0 Å². The summed E-state index contributed by atoms with van der Waals surface area (Å²) in [5, 5.41) is 5.96. The molecule has 0 atom stereocenters. The standard InChI is InChI=1S/C3H4ClNO/c1-2(6)3(4)5/h5H,1H3. The van der Waals surface area contributed by atoms with E-state index in [1.54, 1.807) is 0 Å². The minimum atomic E-state index is -0.407. The average Bonchev–Trinajstić information content (AvgIpc) is 1.36. The smallest absolute Gasteiger partial charge is 0.189 e. The molecule has 34 valence electrons. The van der Waals surface area contributed by atoms with Crippen molar-refractivity contribution < 1.29 is 4.79 Å². The Morgan fingerprint density at radius 2 is 2.00 bits per heavy atom. The molecule has 0 fully saturated rings. The van der Waals surface area contributed by atoms with Crippen LogP contribution in [0, 0.1) is 5.41 Å². The van der Waals surface area contributed by atoms with Gasteiger partial charge in [0.15, 0.2) is 11.0 Å². The first-order valence-corrected chi connectivity index (χ1v) is 1.77. The van der Waals surface area contributed by atoms with Crippen LogP contribution in [-0.2, 0) is 4.79 Å². The summed E-state index contributed by atoms with van der Waals surface area (Å²) in [6.45, 7) is 1.25. The van der Waals surface area contributed by atoms with Crippen molar-refractivity contribution in [3.63, 3.8) is 0 Å². The van der Waals surface area contributed by atoms with Gasteiger partial charge in [-0.2, -0.15) is 0 Å². The number of ketones is 1. The summed E-state index contributed by atoms with van der Waals surface area (Å²) in [7, 11) is 0. The van der Waals surface area contributed by atoms with Crippen molar-refractivity contribution in [2.45, 2.75) is 6.92 Å². The Balaban J connectivity index is 3.57. The van der Waals surface area contributed by atoms with Crippen LogP contribution >= 0.6 is 11.6 Å². The third kappa shape index (κ3) is 1.91. The molecule has 0 spiro atoms. The van der Waals surface area contributed by atoms with Crippen LogP contribution in [0.4, 0.5) is 0 Å². The molecule has 0 heterocycles. The highest BCUT2D eigenvalue weighted by molar-refractivity contribution is 6.81. The van der Waals surface area contributed by atoms with Gasteiger partial charge in [-0.05, 0) is 0 Å². The van der Waals surface area contributed by atoms with E-state index in [-0.39, 0.29) is 0 Å². The molecule has 0 saturated heterocycles. The summed E-state index contributed by atoms with van der Waals surface area (Å²) >= 11 is 4.85.